The second-order valence-electron chi connectivity index (χ2n) is 3.64. The highest BCUT2D eigenvalue weighted by Crippen LogP contribution is 2.29. The van der Waals surface area contributed by atoms with Crippen LogP contribution >= 0.6 is 0 Å². The SMILES string of the molecule is CCOC(=O)C(O)C(O)c1cc(F)cc(N)c1N. The van der Waals surface area contributed by atoms with Crippen LogP contribution in [0.4, 0.5) is 15.8 Å². The maximum absolute atomic E-state index is 13.1. The number of anilines is 2. The van der Waals surface area contributed by atoms with Gasteiger partial charge in [-0.25, -0.2) is 9.18 Å². The second-order valence-corrected chi connectivity index (χ2v) is 3.64. The number of benzene rings is 1. The van der Waals surface area contributed by atoms with Crippen LogP contribution in [0.5, 0.6) is 0 Å². The summed E-state index contributed by atoms with van der Waals surface area (Å²) in [5.74, 6) is -1.75. The molecule has 18 heavy (non-hydrogen) atoms. The summed E-state index contributed by atoms with van der Waals surface area (Å²) in [5.41, 5.74) is 10.6. The third-order valence-electron chi connectivity index (χ3n) is 2.35. The summed E-state index contributed by atoms with van der Waals surface area (Å²) < 4.78 is 17.7. The van der Waals surface area contributed by atoms with Gasteiger partial charge in [-0.1, -0.05) is 0 Å². The molecule has 1 aromatic rings. The lowest BCUT2D eigenvalue weighted by Gasteiger charge is -2.19. The first kappa shape index (κ1) is 14.2. The fourth-order valence-corrected chi connectivity index (χ4v) is 1.43. The molecule has 100 valence electrons. The zero-order valence-corrected chi connectivity index (χ0v) is 9.76. The highest BCUT2D eigenvalue weighted by atomic mass is 19.1. The summed E-state index contributed by atoms with van der Waals surface area (Å²) in [6.45, 7) is 1.59. The fourth-order valence-electron chi connectivity index (χ4n) is 1.43. The highest BCUT2D eigenvalue weighted by Gasteiger charge is 2.29. The number of nitrogens with two attached hydrogens (primary N) is 2. The van der Waals surface area contributed by atoms with E-state index in [4.69, 9.17) is 11.5 Å². The molecule has 2 atom stereocenters. The summed E-state index contributed by atoms with van der Waals surface area (Å²) in [4.78, 5) is 11.2. The number of hydrogen-bond donors (Lipinski definition) is 4. The van der Waals surface area contributed by atoms with Gasteiger partial charge in [0.25, 0.3) is 0 Å². The van der Waals surface area contributed by atoms with Crippen LogP contribution in [0.15, 0.2) is 12.1 Å². The van der Waals surface area contributed by atoms with Gasteiger partial charge < -0.3 is 26.4 Å². The summed E-state index contributed by atoms with van der Waals surface area (Å²) in [6.07, 6.45) is -3.56. The van der Waals surface area contributed by atoms with Crippen LogP contribution < -0.4 is 11.5 Å². The molecule has 0 heterocycles. The van der Waals surface area contributed by atoms with Crippen molar-refractivity contribution in [1.82, 2.24) is 0 Å². The third kappa shape index (κ3) is 2.88. The molecule has 1 aromatic carbocycles. The van der Waals surface area contributed by atoms with E-state index in [2.05, 4.69) is 4.74 Å². The minimum Gasteiger partial charge on any atom is -0.464 e. The number of nitrogen functional groups attached to an aromatic ring is 2. The van der Waals surface area contributed by atoms with Crippen LogP contribution in [0.3, 0.4) is 0 Å². The largest absolute Gasteiger partial charge is 0.464 e. The van der Waals surface area contributed by atoms with E-state index in [1.807, 2.05) is 0 Å². The smallest absolute Gasteiger partial charge is 0.338 e. The van der Waals surface area contributed by atoms with E-state index in [9.17, 15) is 19.4 Å². The standard InChI is InChI=1S/C11H15FN2O4/c1-2-18-11(17)10(16)9(15)6-3-5(12)4-7(13)8(6)14/h3-4,9-10,15-16H,2,13-14H2,1H3. The van der Waals surface area contributed by atoms with Gasteiger partial charge in [-0.3, -0.25) is 0 Å². The Labute approximate surface area is 103 Å². The molecule has 2 unspecified atom stereocenters. The number of rotatable bonds is 4. The molecule has 0 spiro atoms. The predicted molar refractivity (Wildman–Crippen MR) is 62.8 cm³/mol. The molecule has 0 aromatic heterocycles. The molecule has 0 aliphatic heterocycles. The molecule has 6 nitrogen and oxygen atoms in total. The molecule has 0 amide bonds. The summed E-state index contributed by atoms with van der Waals surface area (Å²) in [5, 5.41) is 19.3. The van der Waals surface area contributed by atoms with E-state index in [-0.39, 0.29) is 23.5 Å². The van der Waals surface area contributed by atoms with Gasteiger partial charge in [0.2, 0.25) is 0 Å². The first-order chi connectivity index (χ1) is 8.38. The van der Waals surface area contributed by atoms with Crippen molar-refractivity contribution in [3.8, 4) is 0 Å². The van der Waals surface area contributed by atoms with Gasteiger partial charge in [0.15, 0.2) is 6.10 Å². The number of ether oxygens (including phenoxy) is 1. The number of hydrogen-bond acceptors (Lipinski definition) is 6. The Bertz CT molecular complexity index is 453. The van der Waals surface area contributed by atoms with Crippen molar-refractivity contribution in [3.05, 3.63) is 23.5 Å². The maximum atomic E-state index is 13.1. The summed E-state index contributed by atoms with van der Waals surface area (Å²) in [7, 11) is 0. The third-order valence-corrected chi connectivity index (χ3v) is 2.35. The van der Waals surface area contributed by atoms with E-state index in [0.29, 0.717) is 0 Å². The van der Waals surface area contributed by atoms with Crippen molar-refractivity contribution >= 4 is 17.3 Å². The van der Waals surface area contributed by atoms with Crippen molar-refractivity contribution in [2.45, 2.75) is 19.1 Å². The second kappa shape index (κ2) is 5.65. The molecule has 0 saturated carbocycles. The average molecular weight is 258 g/mol. The Kier molecular flexibility index (Phi) is 4.46. The van der Waals surface area contributed by atoms with Crippen LogP contribution in [0.2, 0.25) is 0 Å². The normalized spacial score (nSPS) is 14.0. The monoisotopic (exact) mass is 258 g/mol. The number of carbonyl (C=O) groups excluding carboxylic acids is 1. The zero-order chi connectivity index (χ0) is 13.9. The molecule has 0 fully saturated rings. The van der Waals surface area contributed by atoms with Gasteiger partial charge in [-0.05, 0) is 19.1 Å². The summed E-state index contributed by atoms with van der Waals surface area (Å²) in [6, 6.07) is 1.88. The van der Waals surface area contributed by atoms with E-state index in [0.717, 1.165) is 12.1 Å². The van der Waals surface area contributed by atoms with Crippen LogP contribution in [0, 0.1) is 5.82 Å². The number of carbonyl (C=O) groups is 1. The Morgan fingerprint density at radius 3 is 2.61 bits per heavy atom. The predicted octanol–water partition coefficient (Wildman–Crippen LogP) is -0.0525. The van der Waals surface area contributed by atoms with Gasteiger partial charge >= 0.3 is 5.97 Å². The maximum Gasteiger partial charge on any atom is 0.338 e. The zero-order valence-electron chi connectivity index (χ0n) is 9.76. The molecule has 0 saturated heterocycles. The van der Waals surface area contributed by atoms with Gasteiger partial charge in [-0.15, -0.1) is 0 Å². The van der Waals surface area contributed by atoms with Crippen molar-refractivity contribution in [2.75, 3.05) is 18.1 Å². The lowest BCUT2D eigenvalue weighted by atomic mass is 10.0. The molecular weight excluding hydrogens is 243 g/mol. The van der Waals surface area contributed by atoms with E-state index >= 15 is 0 Å². The molecule has 6 N–H and O–H groups in total. The average Bonchev–Trinajstić information content (AvgIpc) is 2.32. The van der Waals surface area contributed by atoms with Crippen LogP contribution in [0.1, 0.15) is 18.6 Å². The number of esters is 1. The molecule has 7 heteroatoms. The number of halogens is 1. The van der Waals surface area contributed by atoms with Crippen LogP contribution in [-0.4, -0.2) is 28.9 Å². The minimum absolute atomic E-state index is 0.0450. The van der Waals surface area contributed by atoms with E-state index in [1.54, 1.807) is 6.92 Å². The van der Waals surface area contributed by atoms with Gasteiger partial charge in [-0.2, -0.15) is 0 Å². The van der Waals surface area contributed by atoms with Gasteiger partial charge in [0.1, 0.15) is 11.9 Å². The van der Waals surface area contributed by atoms with Crippen molar-refractivity contribution in [1.29, 1.82) is 0 Å². The molecule has 0 bridgehead atoms. The van der Waals surface area contributed by atoms with Crippen molar-refractivity contribution in [2.24, 2.45) is 0 Å². The quantitative estimate of drug-likeness (QED) is 0.444. The number of aliphatic hydroxyl groups excluding tert-OH is 2. The Hall–Kier alpha value is -1.86. The van der Waals surface area contributed by atoms with Gasteiger partial charge in [0, 0.05) is 5.56 Å². The molecule has 0 aliphatic carbocycles. The fraction of sp³-hybridized carbons (Fsp3) is 0.364. The van der Waals surface area contributed by atoms with E-state index in [1.165, 1.54) is 0 Å². The summed E-state index contributed by atoms with van der Waals surface area (Å²) >= 11 is 0. The number of aliphatic hydroxyl groups is 2. The minimum atomic E-state index is -1.85. The van der Waals surface area contributed by atoms with Gasteiger partial charge in [0.05, 0.1) is 18.0 Å². The molecular formula is C11H15FN2O4. The lowest BCUT2D eigenvalue weighted by Crippen LogP contribution is -2.30. The Balaban J connectivity index is 3.03. The van der Waals surface area contributed by atoms with Crippen LogP contribution in [0.25, 0.3) is 0 Å². The highest BCUT2D eigenvalue weighted by molar-refractivity contribution is 5.77. The van der Waals surface area contributed by atoms with Crippen LogP contribution in [-0.2, 0) is 9.53 Å². The lowest BCUT2D eigenvalue weighted by molar-refractivity contribution is -0.159. The van der Waals surface area contributed by atoms with Crippen molar-refractivity contribution < 1.29 is 24.1 Å². The molecule has 1 rings (SSSR count). The molecule has 0 aliphatic rings. The van der Waals surface area contributed by atoms with Crippen molar-refractivity contribution in [3.63, 3.8) is 0 Å². The Morgan fingerprint density at radius 1 is 1.44 bits per heavy atom. The first-order valence-corrected chi connectivity index (χ1v) is 5.25. The topological polar surface area (TPSA) is 119 Å². The molecule has 0 radical (unpaired) electrons. The van der Waals surface area contributed by atoms with E-state index < -0.39 is 24.0 Å². The Morgan fingerprint density at radius 2 is 2.06 bits per heavy atom. The first-order valence-electron chi connectivity index (χ1n) is 5.25.